The molecule has 5 nitrogen and oxygen atoms in total. The summed E-state index contributed by atoms with van der Waals surface area (Å²) in [5.74, 6) is 1.37. The van der Waals surface area contributed by atoms with Crippen molar-refractivity contribution in [3.05, 3.63) is 24.3 Å². The molecule has 0 unspecified atom stereocenters. The summed E-state index contributed by atoms with van der Waals surface area (Å²) in [6.07, 6.45) is 1.01. The fraction of sp³-hybridized carbons (Fsp3) is 0.385. The van der Waals surface area contributed by atoms with E-state index < -0.39 is 0 Å². The maximum atomic E-state index is 5.44. The molecule has 0 amide bonds. The Labute approximate surface area is 106 Å². The summed E-state index contributed by atoms with van der Waals surface area (Å²) in [7, 11) is 0. The average molecular weight is 247 g/mol. The summed E-state index contributed by atoms with van der Waals surface area (Å²) in [4.78, 5) is 4.27. The number of nitrogens with zero attached hydrogens (tertiary/aromatic N) is 2. The van der Waals surface area contributed by atoms with Gasteiger partial charge in [-0.25, -0.2) is 0 Å². The van der Waals surface area contributed by atoms with Crippen LogP contribution >= 0.6 is 0 Å². The predicted octanol–water partition coefficient (Wildman–Crippen LogP) is 2.96. The first-order chi connectivity index (χ1) is 8.83. The van der Waals surface area contributed by atoms with E-state index in [1.165, 1.54) is 0 Å². The highest BCUT2D eigenvalue weighted by atomic mass is 16.5. The van der Waals surface area contributed by atoms with E-state index in [1.54, 1.807) is 0 Å². The van der Waals surface area contributed by atoms with Gasteiger partial charge in [-0.3, -0.25) is 0 Å². The fourth-order valence-corrected chi connectivity index (χ4v) is 1.54. The summed E-state index contributed by atoms with van der Waals surface area (Å²) >= 11 is 0. The Hall–Kier alpha value is -2.04. The second-order valence-corrected chi connectivity index (χ2v) is 3.81. The zero-order chi connectivity index (χ0) is 12.8. The summed E-state index contributed by atoms with van der Waals surface area (Å²) in [5, 5.41) is 6.99. The van der Waals surface area contributed by atoms with E-state index in [-0.39, 0.29) is 0 Å². The van der Waals surface area contributed by atoms with Gasteiger partial charge in [0.25, 0.3) is 0 Å². The van der Waals surface area contributed by atoms with Crippen LogP contribution in [-0.4, -0.2) is 23.3 Å². The molecule has 5 heteroatoms. The standard InChI is InChI=1S/C13H17N3O2/c1-3-8-14-13-15-12(16-18-13)10-6-5-7-11(9-10)17-4-2/h5-7,9H,3-4,8H2,1-2H3,(H,14,15,16). The lowest BCUT2D eigenvalue weighted by Gasteiger charge is -2.02. The van der Waals surface area contributed by atoms with Gasteiger partial charge in [0.15, 0.2) is 0 Å². The van der Waals surface area contributed by atoms with Crippen LogP contribution in [0.3, 0.4) is 0 Å². The Bertz CT molecular complexity index is 496. The Balaban J connectivity index is 2.15. The van der Waals surface area contributed by atoms with Crippen molar-refractivity contribution >= 4 is 6.01 Å². The van der Waals surface area contributed by atoms with Gasteiger partial charge in [0, 0.05) is 12.1 Å². The van der Waals surface area contributed by atoms with E-state index in [9.17, 15) is 0 Å². The number of nitrogens with one attached hydrogen (secondary N) is 1. The Morgan fingerprint density at radius 3 is 3.00 bits per heavy atom. The highest BCUT2D eigenvalue weighted by Gasteiger charge is 2.08. The lowest BCUT2D eigenvalue weighted by atomic mass is 10.2. The Morgan fingerprint density at radius 1 is 1.33 bits per heavy atom. The van der Waals surface area contributed by atoms with Crippen LogP contribution in [0.1, 0.15) is 20.3 Å². The molecule has 0 aliphatic heterocycles. The SMILES string of the molecule is CCCNc1nc(-c2cccc(OCC)c2)no1. The summed E-state index contributed by atoms with van der Waals surface area (Å²) in [5.41, 5.74) is 0.884. The third-order valence-corrected chi connectivity index (χ3v) is 2.36. The van der Waals surface area contributed by atoms with E-state index in [0.717, 1.165) is 24.3 Å². The average Bonchev–Trinajstić information content (AvgIpc) is 2.86. The van der Waals surface area contributed by atoms with Gasteiger partial charge in [-0.15, -0.1) is 0 Å². The van der Waals surface area contributed by atoms with Crippen molar-refractivity contribution in [2.45, 2.75) is 20.3 Å². The summed E-state index contributed by atoms with van der Waals surface area (Å²) in [6.45, 7) is 5.49. The molecule has 0 fully saturated rings. The normalized spacial score (nSPS) is 10.3. The smallest absolute Gasteiger partial charge is 0.321 e. The topological polar surface area (TPSA) is 60.2 Å². The van der Waals surface area contributed by atoms with E-state index in [1.807, 2.05) is 31.2 Å². The van der Waals surface area contributed by atoms with Crippen molar-refractivity contribution in [2.75, 3.05) is 18.5 Å². The summed E-state index contributed by atoms with van der Waals surface area (Å²) in [6, 6.07) is 8.10. The van der Waals surface area contributed by atoms with Crippen molar-refractivity contribution in [3.63, 3.8) is 0 Å². The molecule has 0 aliphatic rings. The molecule has 1 heterocycles. The van der Waals surface area contributed by atoms with Gasteiger partial charge in [0.05, 0.1) is 6.61 Å². The van der Waals surface area contributed by atoms with Gasteiger partial charge in [0.1, 0.15) is 5.75 Å². The van der Waals surface area contributed by atoms with Gasteiger partial charge in [-0.2, -0.15) is 4.98 Å². The van der Waals surface area contributed by atoms with Crippen molar-refractivity contribution in [1.82, 2.24) is 10.1 Å². The van der Waals surface area contributed by atoms with Gasteiger partial charge in [-0.1, -0.05) is 24.2 Å². The van der Waals surface area contributed by atoms with Crippen molar-refractivity contribution in [3.8, 4) is 17.1 Å². The van der Waals surface area contributed by atoms with Gasteiger partial charge in [0.2, 0.25) is 5.82 Å². The molecule has 18 heavy (non-hydrogen) atoms. The minimum atomic E-state index is 0.452. The molecule has 0 saturated carbocycles. The zero-order valence-electron chi connectivity index (χ0n) is 10.6. The maximum Gasteiger partial charge on any atom is 0.321 e. The molecule has 0 bridgehead atoms. The number of rotatable bonds is 6. The van der Waals surface area contributed by atoms with Crippen LogP contribution in [0.4, 0.5) is 6.01 Å². The third-order valence-electron chi connectivity index (χ3n) is 2.36. The zero-order valence-corrected chi connectivity index (χ0v) is 10.6. The molecule has 0 radical (unpaired) electrons. The molecule has 0 atom stereocenters. The van der Waals surface area contributed by atoms with Crippen LogP contribution in [0, 0.1) is 0 Å². The molecule has 0 saturated heterocycles. The van der Waals surface area contributed by atoms with E-state index in [4.69, 9.17) is 9.26 Å². The quantitative estimate of drug-likeness (QED) is 0.850. The monoisotopic (exact) mass is 247 g/mol. The minimum Gasteiger partial charge on any atom is -0.494 e. The summed E-state index contributed by atoms with van der Waals surface area (Å²) < 4.78 is 10.5. The molecule has 1 aromatic heterocycles. The molecular weight excluding hydrogens is 230 g/mol. The Morgan fingerprint density at radius 2 is 2.22 bits per heavy atom. The fourth-order valence-electron chi connectivity index (χ4n) is 1.54. The number of hydrogen-bond acceptors (Lipinski definition) is 5. The van der Waals surface area contributed by atoms with Crippen molar-refractivity contribution < 1.29 is 9.26 Å². The third kappa shape index (κ3) is 3.00. The largest absolute Gasteiger partial charge is 0.494 e. The first-order valence-corrected chi connectivity index (χ1v) is 6.14. The molecule has 1 aromatic carbocycles. The van der Waals surface area contributed by atoms with Crippen LogP contribution < -0.4 is 10.1 Å². The Kier molecular flexibility index (Phi) is 4.17. The van der Waals surface area contributed by atoms with Crippen LogP contribution in [0.2, 0.25) is 0 Å². The van der Waals surface area contributed by atoms with Gasteiger partial charge >= 0.3 is 6.01 Å². The lowest BCUT2D eigenvalue weighted by molar-refractivity contribution is 0.340. The highest BCUT2D eigenvalue weighted by Crippen LogP contribution is 2.22. The van der Waals surface area contributed by atoms with Gasteiger partial charge < -0.3 is 14.6 Å². The van der Waals surface area contributed by atoms with Crippen LogP contribution in [-0.2, 0) is 0 Å². The number of aromatic nitrogens is 2. The van der Waals surface area contributed by atoms with E-state index >= 15 is 0 Å². The molecule has 96 valence electrons. The maximum absolute atomic E-state index is 5.44. The first kappa shape index (κ1) is 12.4. The molecular formula is C13H17N3O2. The molecule has 0 aliphatic carbocycles. The number of benzene rings is 1. The molecule has 2 rings (SSSR count). The minimum absolute atomic E-state index is 0.452. The second-order valence-electron chi connectivity index (χ2n) is 3.81. The van der Waals surface area contributed by atoms with Crippen LogP contribution in [0.5, 0.6) is 5.75 Å². The number of hydrogen-bond donors (Lipinski definition) is 1. The van der Waals surface area contributed by atoms with Crippen molar-refractivity contribution in [1.29, 1.82) is 0 Å². The second kappa shape index (κ2) is 6.05. The number of anilines is 1. The molecule has 0 spiro atoms. The van der Waals surface area contributed by atoms with Crippen LogP contribution in [0.15, 0.2) is 28.8 Å². The van der Waals surface area contributed by atoms with E-state index in [2.05, 4.69) is 22.4 Å². The van der Waals surface area contributed by atoms with Gasteiger partial charge in [-0.05, 0) is 25.5 Å². The highest BCUT2D eigenvalue weighted by molar-refractivity contribution is 5.57. The number of ether oxygens (including phenoxy) is 1. The van der Waals surface area contributed by atoms with E-state index in [0.29, 0.717) is 18.4 Å². The van der Waals surface area contributed by atoms with Crippen molar-refractivity contribution in [2.24, 2.45) is 0 Å². The molecule has 2 aromatic rings. The molecule has 1 N–H and O–H groups in total. The van der Waals surface area contributed by atoms with Crippen LogP contribution in [0.25, 0.3) is 11.4 Å². The predicted molar refractivity (Wildman–Crippen MR) is 69.7 cm³/mol. The first-order valence-electron chi connectivity index (χ1n) is 6.14. The lowest BCUT2D eigenvalue weighted by Crippen LogP contribution is -1.99.